The Bertz CT molecular complexity index is 1140. The predicted molar refractivity (Wildman–Crippen MR) is 139 cm³/mol. The first-order valence-corrected chi connectivity index (χ1v) is 12.9. The molecule has 5 rings (SSSR count). The smallest absolute Gasteiger partial charge is 0.251 e. The van der Waals surface area contributed by atoms with E-state index in [2.05, 4.69) is 21.2 Å². The topological polar surface area (TPSA) is 49.4 Å². The number of benzene rings is 3. The number of carbonyl (C=O) groups is 2. The van der Waals surface area contributed by atoms with Crippen molar-refractivity contribution in [2.45, 2.75) is 56.0 Å². The Hall–Kier alpha value is -2.92. The van der Waals surface area contributed by atoms with E-state index in [1.807, 2.05) is 84.9 Å². The van der Waals surface area contributed by atoms with Crippen molar-refractivity contribution in [1.29, 1.82) is 0 Å². The fourth-order valence-electron chi connectivity index (χ4n) is 5.70. The Kier molecular flexibility index (Phi) is 6.55. The summed E-state index contributed by atoms with van der Waals surface area (Å²) in [5.41, 5.74) is 1.38. The molecule has 0 bridgehead atoms. The van der Waals surface area contributed by atoms with Crippen LogP contribution in [-0.4, -0.2) is 17.9 Å². The zero-order valence-electron chi connectivity index (χ0n) is 19.1. The maximum Gasteiger partial charge on any atom is 0.251 e. The van der Waals surface area contributed by atoms with E-state index in [9.17, 15) is 9.59 Å². The number of amides is 2. The molecular formula is C29H29BrN2O2. The summed E-state index contributed by atoms with van der Waals surface area (Å²) in [6.45, 7) is 0. The van der Waals surface area contributed by atoms with Crippen molar-refractivity contribution < 1.29 is 9.59 Å². The van der Waals surface area contributed by atoms with Gasteiger partial charge in [0.15, 0.2) is 5.54 Å². The summed E-state index contributed by atoms with van der Waals surface area (Å²) in [5.74, 6) is -0.446. The molecule has 0 aromatic heterocycles. The largest absolute Gasteiger partial charge is 0.351 e. The average Bonchev–Trinajstić information content (AvgIpc) is 3.20. The molecule has 1 saturated heterocycles. The monoisotopic (exact) mass is 516 g/mol. The zero-order chi connectivity index (χ0) is 23.5. The zero-order valence-corrected chi connectivity index (χ0v) is 20.7. The van der Waals surface area contributed by atoms with Crippen LogP contribution in [0.15, 0.2) is 89.4 Å². The van der Waals surface area contributed by atoms with Gasteiger partial charge in [0, 0.05) is 28.5 Å². The lowest BCUT2D eigenvalue weighted by Gasteiger charge is -2.42. The summed E-state index contributed by atoms with van der Waals surface area (Å²) in [6, 6.07) is 27.6. The molecule has 4 nitrogen and oxygen atoms in total. The molecule has 2 fully saturated rings. The number of halogens is 1. The maximum atomic E-state index is 14.5. The van der Waals surface area contributed by atoms with Crippen LogP contribution < -0.4 is 10.2 Å². The molecule has 1 saturated carbocycles. The molecule has 2 amide bonds. The van der Waals surface area contributed by atoms with Crippen molar-refractivity contribution in [3.05, 3.63) is 101 Å². The van der Waals surface area contributed by atoms with E-state index in [1.54, 1.807) is 4.90 Å². The summed E-state index contributed by atoms with van der Waals surface area (Å²) in [4.78, 5) is 30.0. The fraction of sp³-hybridized carbons (Fsp3) is 0.310. The number of nitrogens with zero attached hydrogens (tertiary/aromatic N) is 1. The molecule has 3 aromatic carbocycles. The van der Waals surface area contributed by atoms with Gasteiger partial charge in [-0.1, -0.05) is 95.9 Å². The lowest BCUT2D eigenvalue weighted by atomic mass is 9.73. The first-order valence-electron chi connectivity index (χ1n) is 12.1. The van der Waals surface area contributed by atoms with E-state index < -0.39 is 5.54 Å². The lowest BCUT2D eigenvalue weighted by molar-refractivity contribution is -0.129. The normalized spacial score (nSPS) is 23.1. The first kappa shape index (κ1) is 22.9. The van der Waals surface area contributed by atoms with E-state index in [0.717, 1.165) is 47.0 Å². The third-order valence-corrected chi connectivity index (χ3v) is 7.80. The molecule has 1 aliphatic carbocycles. The minimum atomic E-state index is -1.18. The summed E-state index contributed by atoms with van der Waals surface area (Å²) in [5, 5.41) is 3.39. The molecule has 1 N–H and O–H groups in total. The van der Waals surface area contributed by atoms with Gasteiger partial charge < -0.3 is 5.32 Å². The Balaban J connectivity index is 1.72. The van der Waals surface area contributed by atoms with Crippen LogP contribution in [0.4, 0.5) is 5.69 Å². The number of hydrogen-bond acceptors (Lipinski definition) is 2. The van der Waals surface area contributed by atoms with E-state index in [4.69, 9.17) is 0 Å². The fourth-order valence-corrected chi connectivity index (χ4v) is 5.97. The number of rotatable bonds is 5. The van der Waals surface area contributed by atoms with E-state index in [-0.39, 0.29) is 30.2 Å². The Morgan fingerprint density at radius 2 is 1.47 bits per heavy atom. The van der Waals surface area contributed by atoms with Gasteiger partial charge in [-0.2, -0.15) is 0 Å². The second-order valence-corrected chi connectivity index (χ2v) is 10.2. The van der Waals surface area contributed by atoms with Crippen molar-refractivity contribution >= 4 is 33.4 Å². The van der Waals surface area contributed by atoms with Gasteiger partial charge in [-0.3, -0.25) is 14.5 Å². The van der Waals surface area contributed by atoms with Crippen LogP contribution in [0, 0.1) is 0 Å². The van der Waals surface area contributed by atoms with Crippen LogP contribution >= 0.6 is 15.9 Å². The molecular weight excluding hydrogens is 488 g/mol. The van der Waals surface area contributed by atoms with Gasteiger partial charge in [-0.05, 0) is 48.2 Å². The van der Waals surface area contributed by atoms with Crippen LogP contribution in [-0.2, 0) is 15.1 Å². The quantitative estimate of drug-likeness (QED) is 0.431. The van der Waals surface area contributed by atoms with Gasteiger partial charge in [0.1, 0.15) is 0 Å². The van der Waals surface area contributed by atoms with Crippen molar-refractivity contribution in [2.24, 2.45) is 0 Å². The summed E-state index contributed by atoms with van der Waals surface area (Å²) in [6.07, 6.45) is 5.70. The number of nitrogens with one attached hydrogen (secondary N) is 1. The third kappa shape index (κ3) is 4.07. The first-order chi connectivity index (χ1) is 16.6. The van der Waals surface area contributed by atoms with Gasteiger partial charge in [0.25, 0.3) is 5.91 Å². The number of carbonyl (C=O) groups excluding carboxylic acids is 2. The SMILES string of the molecule is O=C1C[C@@H](c2ccccc2)[C@@](C(=O)NC2CCCCC2)(c2ccc(Br)cc2)N1c1ccccc1. The number of anilines is 1. The Labute approximate surface area is 209 Å². The summed E-state index contributed by atoms with van der Waals surface area (Å²) in [7, 11) is 0. The van der Waals surface area contributed by atoms with Crippen molar-refractivity contribution in [1.82, 2.24) is 5.32 Å². The van der Waals surface area contributed by atoms with Crippen molar-refractivity contribution in [3.63, 3.8) is 0 Å². The summed E-state index contributed by atoms with van der Waals surface area (Å²) >= 11 is 3.54. The second kappa shape index (κ2) is 9.75. The summed E-state index contributed by atoms with van der Waals surface area (Å²) < 4.78 is 0.936. The molecule has 1 heterocycles. The predicted octanol–water partition coefficient (Wildman–Crippen LogP) is 6.31. The standard InChI is InChI=1S/C29H29BrN2O2/c30-23-18-16-22(17-19-23)29(28(34)31-24-12-6-2-7-13-24)26(21-10-4-1-5-11-21)20-27(33)32(29)25-14-8-3-9-15-25/h1,3-5,8-11,14-19,24,26H,2,6-7,12-13,20H2,(H,31,34)/t26-,29+/m0/s1. The highest BCUT2D eigenvalue weighted by molar-refractivity contribution is 9.10. The van der Waals surface area contributed by atoms with Gasteiger partial charge in [0.2, 0.25) is 5.91 Å². The van der Waals surface area contributed by atoms with Gasteiger partial charge in [-0.25, -0.2) is 0 Å². The molecule has 2 aliphatic rings. The van der Waals surface area contributed by atoms with Gasteiger partial charge >= 0.3 is 0 Å². The van der Waals surface area contributed by atoms with Crippen molar-refractivity contribution in [3.8, 4) is 0 Å². The Morgan fingerprint density at radius 1 is 0.853 bits per heavy atom. The molecule has 0 spiro atoms. The molecule has 5 heteroatoms. The molecule has 3 aromatic rings. The highest BCUT2D eigenvalue weighted by atomic mass is 79.9. The van der Waals surface area contributed by atoms with Crippen LogP contribution in [0.25, 0.3) is 0 Å². The molecule has 174 valence electrons. The van der Waals surface area contributed by atoms with Gasteiger partial charge in [0.05, 0.1) is 0 Å². The van der Waals surface area contributed by atoms with E-state index in [1.165, 1.54) is 6.42 Å². The van der Waals surface area contributed by atoms with Crippen LogP contribution in [0.3, 0.4) is 0 Å². The minimum absolute atomic E-state index is 0.0400. The third-order valence-electron chi connectivity index (χ3n) is 7.27. The minimum Gasteiger partial charge on any atom is -0.351 e. The molecule has 2 atom stereocenters. The van der Waals surface area contributed by atoms with E-state index >= 15 is 0 Å². The molecule has 0 radical (unpaired) electrons. The highest BCUT2D eigenvalue weighted by Gasteiger charge is 2.60. The molecule has 1 aliphatic heterocycles. The lowest BCUT2D eigenvalue weighted by Crippen LogP contribution is -2.58. The van der Waals surface area contributed by atoms with Crippen LogP contribution in [0.5, 0.6) is 0 Å². The van der Waals surface area contributed by atoms with Crippen LogP contribution in [0.2, 0.25) is 0 Å². The number of para-hydroxylation sites is 1. The Morgan fingerprint density at radius 3 is 2.12 bits per heavy atom. The number of hydrogen-bond donors (Lipinski definition) is 1. The molecule has 0 unspecified atom stereocenters. The average molecular weight is 517 g/mol. The van der Waals surface area contributed by atoms with Gasteiger partial charge in [-0.15, -0.1) is 0 Å². The maximum absolute atomic E-state index is 14.5. The van der Waals surface area contributed by atoms with Crippen molar-refractivity contribution in [2.75, 3.05) is 4.90 Å². The van der Waals surface area contributed by atoms with Crippen LogP contribution in [0.1, 0.15) is 55.6 Å². The van der Waals surface area contributed by atoms with E-state index in [0.29, 0.717) is 0 Å². The highest BCUT2D eigenvalue weighted by Crippen LogP contribution is 2.52. The molecule has 34 heavy (non-hydrogen) atoms. The second-order valence-electron chi connectivity index (χ2n) is 9.31.